The molecule has 108 valence electrons. The molecule has 7 nitrogen and oxygen atoms in total. The van der Waals surface area contributed by atoms with Gasteiger partial charge in [0.25, 0.3) is 0 Å². The summed E-state index contributed by atoms with van der Waals surface area (Å²) < 4.78 is 1.74. The predicted octanol–water partition coefficient (Wildman–Crippen LogP) is 2.21. The number of hydrogen-bond acceptors (Lipinski definition) is 4. The van der Waals surface area contributed by atoms with Crippen LogP contribution >= 0.6 is 0 Å². The van der Waals surface area contributed by atoms with Crippen molar-refractivity contribution in [3.05, 3.63) is 42.5 Å². The molecule has 2 N–H and O–H groups in total. The van der Waals surface area contributed by atoms with Gasteiger partial charge in [-0.3, -0.25) is 4.68 Å². The summed E-state index contributed by atoms with van der Waals surface area (Å²) in [4.78, 5) is 22.6. The molecule has 0 aliphatic carbocycles. The molecule has 0 aliphatic heterocycles. The first-order chi connectivity index (χ1) is 10.6. The lowest BCUT2D eigenvalue weighted by Gasteiger charge is -2.03. The number of hydrogen-bond donors (Lipinski definition) is 2. The highest BCUT2D eigenvalue weighted by molar-refractivity contribution is 6.07. The number of nitrogens with one attached hydrogen (secondary N) is 1. The smallest absolute Gasteiger partial charge is 0.338 e. The summed E-state index contributed by atoms with van der Waals surface area (Å²) in [6, 6.07) is 5.75. The predicted molar refractivity (Wildman–Crippen MR) is 80.6 cm³/mol. The minimum Gasteiger partial charge on any atom is -0.478 e. The Kier molecular flexibility index (Phi) is 2.50. The molecule has 3 aromatic heterocycles. The Morgan fingerprint density at radius 3 is 3.00 bits per heavy atom. The minimum atomic E-state index is -1.01. The third-order valence-corrected chi connectivity index (χ3v) is 3.60. The molecule has 0 radical (unpaired) electrons. The Labute approximate surface area is 124 Å². The second-order valence-electron chi connectivity index (χ2n) is 5.03. The van der Waals surface area contributed by atoms with Gasteiger partial charge in [-0.05, 0) is 6.07 Å². The fourth-order valence-corrected chi connectivity index (χ4v) is 2.64. The van der Waals surface area contributed by atoms with Gasteiger partial charge in [0.15, 0.2) is 0 Å². The van der Waals surface area contributed by atoms with E-state index in [1.807, 2.05) is 31.4 Å². The van der Waals surface area contributed by atoms with Crippen molar-refractivity contribution in [2.24, 2.45) is 7.05 Å². The first kappa shape index (κ1) is 12.5. The number of aryl methyl sites for hydroxylation is 1. The summed E-state index contributed by atoms with van der Waals surface area (Å²) in [5.74, 6) is -1.01. The van der Waals surface area contributed by atoms with Crippen LogP contribution in [-0.2, 0) is 7.05 Å². The number of fused-ring (bicyclic) bond motifs is 2. The van der Waals surface area contributed by atoms with E-state index in [1.165, 1.54) is 12.5 Å². The maximum Gasteiger partial charge on any atom is 0.338 e. The normalized spacial score (nSPS) is 11.3. The molecule has 7 heteroatoms. The van der Waals surface area contributed by atoms with Crippen LogP contribution < -0.4 is 0 Å². The average molecular weight is 293 g/mol. The third-order valence-electron chi connectivity index (χ3n) is 3.60. The molecule has 0 bridgehead atoms. The van der Waals surface area contributed by atoms with Crippen LogP contribution in [-0.4, -0.2) is 35.8 Å². The van der Waals surface area contributed by atoms with Gasteiger partial charge in [0.05, 0.1) is 22.2 Å². The standard InChI is InChI=1S/C15H11N5O2/c1-20-6-9-3-2-8(4-11(9)19-20)13-12-10(15(21)22)5-16-14(12)18-7-17-13/h2-7H,1H3,(H,21,22)(H,16,17,18). The number of rotatable bonds is 2. The molecule has 22 heavy (non-hydrogen) atoms. The van der Waals surface area contributed by atoms with E-state index in [-0.39, 0.29) is 5.56 Å². The minimum absolute atomic E-state index is 0.159. The summed E-state index contributed by atoms with van der Waals surface area (Å²) in [5.41, 5.74) is 2.88. The van der Waals surface area contributed by atoms with Gasteiger partial charge in [-0.2, -0.15) is 5.10 Å². The van der Waals surface area contributed by atoms with Gasteiger partial charge >= 0.3 is 5.97 Å². The quantitative estimate of drug-likeness (QED) is 0.590. The van der Waals surface area contributed by atoms with Crippen LogP contribution in [0.15, 0.2) is 36.9 Å². The largest absolute Gasteiger partial charge is 0.478 e. The molecular weight excluding hydrogens is 282 g/mol. The van der Waals surface area contributed by atoms with Gasteiger partial charge in [-0.15, -0.1) is 0 Å². The highest BCUT2D eigenvalue weighted by atomic mass is 16.4. The van der Waals surface area contributed by atoms with E-state index in [4.69, 9.17) is 0 Å². The number of carboxylic acids is 1. The van der Waals surface area contributed by atoms with E-state index in [0.29, 0.717) is 16.7 Å². The van der Waals surface area contributed by atoms with Gasteiger partial charge in [-0.25, -0.2) is 14.8 Å². The van der Waals surface area contributed by atoms with Crippen molar-refractivity contribution in [3.63, 3.8) is 0 Å². The lowest BCUT2D eigenvalue weighted by Crippen LogP contribution is -1.96. The molecule has 4 rings (SSSR count). The number of H-pyrrole nitrogens is 1. The monoisotopic (exact) mass is 293 g/mol. The summed E-state index contributed by atoms with van der Waals surface area (Å²) in [5, 5.41) is 15.2. The van der Waals surface area contributed by atoms with Crippen molar-refractivity contribution in [1.82, 2.24) is 24.7 Å². The Morgan fingerprint density at radius 1 is 1.32 bits per heavy atom. The molecule has 0 unspecified atom stereocenters. The Balaban J connectivity index is 2.02. The van der Waals surface area contributed by atoms with Gasteiger partial charge in [0.1, 0.15) is 12.0 Å². The van der Waals surface area contributed by atoms with E-state index >= 15 is 0 Å². The second kappa shape index (κ2) is 4.39. The van der Waals surface area contributed by atoms with Gasteiger partial charge in [-0.1, -0.05) is 12.1 Å². The van der Waals surface area contributed by atoms with E-state index in [2.05, 4.69) is 20.1 Å². The zero-order valence-electron chi connectivity index (χ0n) is 11.6. The topological polar surface area (TPSA) is 96.7 Å². The van der Waals surface area contributed by atoms with Crippen molar-refractivity contribution in [2.75, 3.05) is 0 Å². The number of carbonyl (C=O) groups is 1. The highest BCUT2D eigenvalue weighted by Crippen LogP contribution is 2.29. The maximum atomic E-state index is 11.4. The van der Waals surface area contributed by atoms with Crippen LogP contribution in [0.1, 0.15) is 10.4 Å². The highest BCUT2D eigenvalue weighted by Gasteiger charge is 2.17. The molecule has 3 heterocycles. The van der Waals surface area contributed by atoms with Crippen LogP contribution in [0.5, 0.6) is 0 Å². The van der Waals surface area contributed by atoms with E-state index < -0.39 is 5.97 Å². The number of aromatic nitrogens is 5. The van der Waals surface area contributed by atoms with Crippen molar-refractivity contribution in [1.29, 1.82) is 0 Å². The van der Waals surface area contributed by atoms with E-state index in [9.17, 15) is 9.90 Å². The molecule has 0 saturated heterocycles. The maximum absolute atomic E-state index is 11.4. The molecular formula is C15H11N5O2. The molecule has 0 spiro atoms. The SMILES string of the molecule is Cn1cc2ccc(-c3ncnc4[nH]cc(C(=O)O)c34)cc2n1. The molecule has 0 fully saturated rings. The zero-order chi connectivity index (χ0) is 15.3. The molecule has 1 aromatic carbocycles. The van der Waals surface area contributed by atoms with Gasteiger partial charge in [0.2, 0.25) is 0 Å². The zero-order valence-corrected chi connectivity index (χ0v) is 11.6. The summed E-state index contributed by atoms with van der Waals surface area (Å²) >= 11 is 0. The summed E-state index contributed by atoms with van der Waals surface area (Å²) in [6.07, 6.45) is 4.78. The molecule has 4 aromatic rings. The molecule has 0 aliphatic rings. The first-order valence-corrected chi connectivity index (χ1v) is 6.62. The van der Waals surface area contributed by atoms with Crippen LogP contribution in [0, 0.1) is 0 Å². The van der Waals surface area contributed by atoms with Crippen molar-refractivity contribution >= 4 is 27.9 Å². The average Bonchev–Trinajstić information content (AvgIpc) is 3.08. The molecule has 0 atom stereocenters. The van der Waals surface area contributed by atoms with Gasteiger partial charge < -0.3 is 10.1 Å². The lowest BCUT2D eigenvalue weighted by molar-refractivity contribution is 0.0699. The summed E-state index contributed by atoms with van der Waals surface area (Å²) in [7, 11) is 1.86. The molecule has 0 saturated carbocycles. The van der Waals surface area contributed by atoms with Crippen LogP contribution in [0.2, 0.25) is 0 Å². The Morgan fingerprint density at radius 2 is 2.18 bits per heavy atom. The first-order valence-electron chi connectivity index (χ1n) is 6.62. The number of aromatic amines is 1. The molecule has 0 amide bonds. The number of nitrogens with zero attached hydrogens (tertiary/aromatic N) is 4. The van der Waals surface area contributed by atoms with Crippen LogP contribution in [0.25, 0.3) is 33.2 Å². The Hall–Kier alpha value is -3.22. The second-order valence-corrected chi connectivity index (χ2v) is 5.03. The fraction of sp³-hybridized carbons (Fsp3) is 0.0667. The fourth-order valence-electron chi connectivity index (χ4n) is 2.64. The van der Waals surface area contributed by atoms with Crippen molar-refractivity contribution in [2.45, 2.75) is 0 Å². The number of aromatic carboxylic acids is 1. The number of benzene rings is 1. The van der Waals surface area contributed by atoms with E-state index in [1.54, 1.807) is 4.68 Å². The van der Waals surface area contributed by atoms with Crippen molar-refractivity contribution in [3.8, 4) is 11.3 Å². The van der Waals surface area contributed by atoms with E-state index in [0.717, 1.165) is 16.5 Å². The van der Waals surface area contributed by atoms with Crippen LogP contribution in [0.4, 0.5) is 0 Å². The number of carboxylic acid groups (broad SMARTS) is 1. The Bertz CT molecular complexity index is 1030. The van der Waals surface area contributed by atoms with Crippen molar-refractivity contribution < 1.29 is 9.90 Å². The third kappa shape index (κ3) is 1.76. The van der Waals surface area contributed by atoms with Gasteiger partial charge in [0, 0.05) is 30.4 Å². The van der Waals surface area contributed by atoms with Crippen LogP contribution in [0.3, 0.4) is 0 Å². The lowest BCUT2D eigenvalue weighted by atomic mass is 10.1. The summed E-state index contributed by atoms with van der Waals surface area (Å²) in [6.45, 7) is 0.